The van der Waals surface area contributed by atoms with Gasteiger partial charge >= 0.3 is 0 Å². The fourth-order valence-electron chi connectivity index (χ4n) is 4.29. The van der Waals surface area contributed by atoms with Gasteiger partial charge in [0.05, 0.1) is 18.2 Å². The largest absolute Gasteiger partial charge is 0.497 e. The first-order valence-electron chi connectivity index (χ1n) is 9.72. The predicted octanol–water partition coefficient (Wildman–Crippen LogP) is 5.43. The number of nitrogens with zero attached hydrogens (tertiary/aromatic N) is 2. The first-order valence-corrected chi connectivity index (χ1v) is 10.5. The van der Waals surface area contributed by atoms with Crippen molar-refractivity contribution in [3.63, 3.8) is 0 Å². The zero-order valence-corrected chi connectivity index (χ0v) is 17.7. The molecule has 1 aliphatic heterocycles. The van der Waals surface area contributed by atoms with E-state index in [1.165, 1.54) is 11.1 Å². The van der Waals surface area contributed by atoms with Crippen LogP contribution in [0.1, 0.15) is 29.7 Å². The van der Waals surface area contributed by atoms with Crippen LogP contribution in [0.5, 0.6) is 5.75 Å². The number of likely N-dealkylation sites (tertiary alicyclic amines) is 1. The number of hydrogen-bond acceptors (Lipinski definition) is 3. The molecule has 1 aromatic heterocycles. The van der Waals surface area contributed by atoms with Crippen molar-refractivity contribution < 1.29 is 4.74 Å². The fraction of sp³-hybridized carbons (Fsp3) is 0.292. The predicted molar refractivity (Wildman–Crippen MR) is 117 cm³/mol. The molecule has 0 saturated carbocycles. The number of pyridine rings is 1. The van der Waals surface area contributed by atoms with Gasteiger partial charge in [-0.1, -0.05) is 42.5 Å². The number of hydrogen-bond donors (Lipinski definition) is 0. The Morgan fingerprint density at radius 2 is 1.93 bits per heavy atom. The summed E-state index contributed by atoms with van der Waals surface area (Å²) in [4.78, 5) is 7.39. The molecule has 2 aromatic carbocycles. The molecule has 0 spiro atoms. The van der Waals surface area contributed by atoms with Crippen molar-refractivity contribution >= 4 is 15.9 Å². The SMILES string of the molecule is COc1cccc(C2(c3ccc(Br)cn3)CCCN(Cc3ccccc3)C2)c1. The monoisotopic (exact) mass is 436 g/mol. The van der Waals surface area contributed by atoms with Crippen LogP contribution in [0.2, 0.25) is 0 Å². The quantitative estimate of drug-likeness (QED) is 0.532. The lowest BCUT2D eigenvalue weighted by Crippen LogP contribution is -2.47. The molecule has 2 heterocycles. The Bertz CT molecular complexity index is 913. The summed E-state index contributed by atoms with van der Waals surface area (Å²) in [6.45, 7) is 3.02. The summed E-state index contributed by atoms with van der Waals surface area (Å²) in [5, 5.41) is 0. The van der Waals surface area contributed by atoms with Crippen molar-refractivity contribution in [1.82, 2.24) is 9.88 Å². The highest BCUT2D eigenvalue weighted by atomic mass is 79.9. The minimum Gasteiger partial charge on any atom is -0.497 e. The van der Waals surface area contributed by atoms with Crippen LogP contribution in [0.25, 0.3) is 0 Å². The Balaban J connectivity index is 1.73. The number of aromatic nitrogens is 1. The molecule has 1 saturated heterocycles. The average Bonchev–Trinajstić information content (AvgIpc) is 2.75. The van der Waals surface area contributed by atoms with Gasteiger partial charge in [0, 0.05) is 23.8 Å². The smallest absolute Gasteiger partial charge is 0.119 e. The topological polar surface area (TPSA) is 25.4 Å². The van der Waals surface area contributed by atoms with Crippen LogP contribution in [0.4, 0.5) is 0 Å². The van der Waals surface area contributed by atoms with Crippen molar-refractivity contribution in [2.45, 2.75) is 24.8 Å². The molecule has 1 aliphatic rings. The molecular formula is C24H25BrN2O. The lowest BCUT2D eigenvalue weighted by atomic mass is 9.71. The summed E-state index contributed by atoms with van der Waals surface area (Å²) in [5.74, 6) is 0.897. The van der Waals surface area contributed by atoms with Crippen LogP contribution < -0.4 is 4.74 Å². The van der Waals surface area contributed by atoms with E-state index in [-0.39, 0.29) is 5.41 Å². The van der Waals surface area contributed by atoms with Crippen LogP contribution in [0, 0.1) is 0 Å². The molecule has 0 radical (unpaired) electrons. The van der Waals surface area contributed by atoms with Gasteiger partial charge < -0.3 is 4.74 Å². The summed E-state index contributed by atoms with van der Waals surface area (Å²) in [6.07, 6.45) is 4.13. The van der Waals surface area contributed by atoms with Crippen molar-refractivity contribution in [2.75, 3.05) is 20.2 Å². The summed E-state index contributed by atoms with van der Waals surface area (Å²) in [6, 6.07) is 23.5. The van der Waals surface area contributed by atoms with Crippen LogP contribution in [0.15, 0.2) is 77.4 Å². The Labute approximate surface area is 175 Å². The van der Waals surface area contributed by atoms with E-state index in [4.69, 9.17) is 9.72 Å². The molecule has 28 heavy (non-hydrogen) atoms. The molecule has 1 fully saturated rings. The van der Waals surface area contributed by atoms with Gasteiger partial charge in [0.1, 0.15) is 5.75 Å². The van der Waals surface area contributed by atoms with E-state index in [1.54, 1.807) is 7.11 Å². The Hall–Kier alpha value is -2.17. The molecule has 1 unspecified atom stereocenters. The molecule has 4 rings (SSSR count). The maximum absolute atomic E-state index is 5.53. The number of piperidine rings is 1. The van der Waals surface area contributed by atoms with Gasteiger partial charge in [-0.3, -0.25) is 9.88 Å². The van der Waals surface area contributed by atoms with Gasteiger partial charge in [0.15, 0.2) is 0 Å². The molecule has 144 valence electrons. The minimum atomic E-state index is -0.137. The Morgan fingerprint density at radius 1 is 1.07 bits per heavy atom. The second-order valence-electron chi connectivity index (χ2n) is 7.48. The maximum Gasteiger partial charge on any atom is 0.119 e. The van der Waals surface area contributed by atoms with E-state index in [0.29, 0.717) is 0 Å². The average molecular weight is 437 g/mol. The fourth-order valence-corrected chi connectivity index (χ4v) is 4.53. The van der Waals surface area contributed by atoms with E-state index in [2.05, 4.69) is 81.5 Å². The van der Waals surface area contributed by atoms with E-state index in [9.17, 15) is 0 Å². The molecule has 4 heteroatoms. The normalized spacial score (nSPS) is 20.1. The molecule has 3 nitrogen and oxygen atoms in total. The molecule has 0 amide bonds. The van der Waals surface area contributed by atoms with Gasteiger partial charge in [-0.15, -0.1) is 0 Å². The lowest BCUT2D eigenvalue weighted by Gasteiger charge is -2.43. The van der Waals surface area contributed by atoms with Crippen LogP contribution in [-0.2, 0) is 12.0 Å². The highest BCUT2D eigenvalue weighted by Gasteiger charge is 2.40. The third-order valence-electron chi connectivity index (χ3n) is 5.66. The number of ether oxygens (including phenoxy) is 1. The third-order valence-corrected chi connectivity index (χ3v) is 6.13. The maximum atomic E-state index is 5.53. The minimum absolute atomic E-state index is 0.137. The van der Waals surface area contributed by atoms with Gasteiger partial charge in [-0.2, -0.15) is 0 Å². The van der Waals surface area contributed by atoms with Crippen molar-refractivity contribution in [1.29, 1.82) is 0 Å². The Morgan fingerprint density at radius 3 is 2.68 bits per heavy atom. The number of benzene rings is 2. The number of methoxy groups -OCH3 is 1. The number of halogens is 1. The van der Waals surface area contributed by atoms with Crippen molar-refractivity contribution in [3.8, 4) is 5.75 Å². The summed E-state index contributed by atoms with van der Waals surface area (Å²) in [7, 11) is 1.73. The molecule has 1 atom stereocenters. The van der Waals surface area contributed by atoms with Crippen LogP contribution in [-0.4, -0.2) is 30.1 Å². The highest BCUT2D eigenvalue weighted by Crippen LogP contribution is 2.41. The molecule has 0 bridgehead atoms. The number of rotatable bonds is 5. The summed E-state index contributed by atoms with van der Waals surface area (Å²) < 4.78 is 6.53. The Kier molecular flexibility index (Phi) is 5.79. The summed E-state index contributed by atoms with van der Waals surface area (Å²) >= 11 is 3.53. The van der Waals surface area contributed by atoms with Crippen LogP contribution in [0.3, 0.4) is 0 Å². The first kappa shape index (κ1) is 19.2. The second-order valence-corrected chi connectivity index (χ2v) is 8.39. The van der Waals surface area contributed by atoms with Gasteiger partial charge in [0.25, 0.3) is 0 Å². The van der Waals surface area contributed by atoms with E-state index >= 15 is 0 Å². The first-order chi connectivity index (χ1) is 13.7. The van der Waals surface area contributed by atoms with E-state index in [0.717, 1.165) is 48.4 Å². The van der Waals surface area contributed by atoms with Gasteiger partial charge in [-0.25, -0.2) is 0 Å². The molecule has 0 N–H and O–H groups in total. The molecular weight excluding hydrogens is 412 g/mol. The van der Waals surface area contributed by atoms with Gasteiger partial charge in [0.2, 0.25) is 0 Å². The van der Waals surface area contributed by atoms with E-state index in [1.807, 2.05) is 12.3 Å². The molecule has 0 aliphatic carbocycles. The molecule has 3 aromatic rings. The highest BCUT2D eigenvalue weighted by molar-refractivity contribution is 9.10. The lowest BCUT2D eigenvalue weighted by molar-refractivity contribution is 0.159. The summed E-state index contributed by atoms with van der Waals surface area (Å²) in [5.41, 5.74) is 3.62. The van der Waals surface area contributed by atoms with Crippen LogP contribution >= 0.6 is 15.9 Å². The third kappa shape index (κ3) is 3.98. The zero-order chi connectivity index (χ0) is 19.4. The van der Waals surface area contributed by atoms with Crippen molar-refractivity contribution in [3.05, 3.63) is 94.2 Å². The van der Waals surface area contributed by atoms with Gasteiger partial charge in [-0.05, 0) is 70.7 Å². The standard InChI is InChI=1S/C24H25BrN2O/c1-28-22-10-5-9-20(15-22)24(23-12-11-21(25)16-26-23)13-6-14-27(18-24)17-19-7-3-2-4-8-19/h2-5,7-12,15-16H,6,13-14,17-18H2,1H3. The van der Waals surface area contributed by atoms with Crippen molar-refractivity contribution in [2.24, 2.45) is 0 Å². The zero-order valence-electron chi connectivity index (χ0n) is 16.1. The second kappa shape index (κ2) is 8.46. The van der Waals surface area contributed by atoms with E-state index < -0.39 is 0 Å².